The third-order valence-electron chi connectivity index (χ3n) is 3.67. The molecule has 0 aromatic heterocycles. The van der Waals surface area contributed by atoms with Gasteiger partial charge < -0.3 is 10.1 Å². The Hall–Kier alpha value is -1.08. The molecule has 0 fully saturated rings. The zero-order chi connectivity index (χ0) is 17.7. The van der Waals surface area contributed by atoms with Crippen molar-refractivity contribution < 1.29 is 13.2 Å². The normalized spacial score (nSPS) is 12.8. The standard InChI is InChI=1S/C17H19BrClNO3S/c1-12(13-3-8-17(23-2)16(18)11-13)20-9-10-24(21,22)15-6-4-14(19)5-7-15/h3-8,11-12,20H,9-10H2,1-2H3. The van der Waals surface area contributed by atoms with Gasteiger partial charge >= 0.3 is 0 Å². The summed E-state index contributed by atoms with van der Waals surface area (Å²) in [6.45, 7) is 2.35. The maximum absolute atomic E-state index is 12.3. The van der Waals surface area contributed by atoms with Crippen molar-refractivity contribution in [2.45, 2.75) is 17.9 Å². The van der Waals surface area contributed by atoms with E-state index < -0.39 is 9.84 Å². The Labute approximate surface area is 156 Å². The fourth-order valence-corrected chi connectivity index (χ4v) is 4.10. The lowest BCUT2D eigenvalue weighted by molar-refractivity contribution is 0.411. The number of sulfone groups is 1. The SMILES string of the molecule is COc1ccc(C(C)NCCS(=O)(=O)c2ccc(Cl)cc2)cc1Br. The summed E-state index contributed by atoms with van der Waals surface area (Å²) >= 11 is 9.24. The Morgan fingerprint density at radius 1 is 1.21 bits per heavy atom. The van der Waals surface area contributed by atoms with E-state index in [1.807, 2.05) is 25.1 Å². The van der Waals surface area contributed by atoms with E-state index in [1.54, 1.807) is 19.2 Å². The van der Waals surface area contributed by atoms with Crippen LogP contribution in [-0.2, 0) is 9.84 Å². The van der Waals surface area contributed by atoms with Gasteiger partial charge in [0.25, 0.3) is 0 Å². The van der Waals surface area contributed by atoms with E-state index in [-0.39, 0.29) is 16.7 Å². The minimum absolute atomic E-state index is 0.0209. The predicted octanol–water partition coefficient (Wildman–Crippen LogP) is 4.24. The summed E-state index contributed by atoms with van der Waals surface area (Å²) in [5.41, 5.74) is 1.05. The molecule has 0 saturated carbocycles. The second kappa shape index (κ2) is 8.34. The second-order valence-electron chi connectivity index (χ2n) is 5.34. The van der Waals surface area contributed by atoms with E-state index in [9.17, 15) is 8.42 Å². The maximum Gasteiger partial charge on any atom is 0.179 e. The van der Waals surface area contributed by atoms with E-state index >= 15 is 0 Å². The molecule has 0 aliphatic heterocycles. The number of ether oxygens (including phenoxy) is 1. The highest BCUT2D eigenvalue weighted by Crippen LogP contribution is 2.28. The van der Waals surface area contributed by atoms with Crippen LogP contribution in [0.3, 0.4) is 0 Å². The van der Waals surface area contributed by atoms with Crippen molar-refractivity contribution in [1.29, 1.82) is 0 Å². The average Bonchev–Trinajstić information content (AvgIpc) is 2.55. The van der Waals surface area contributed by atoms with E-state index in [1.165, 1.54) is 12.1 Å². The van der Waals surface area contributed by atoms with Crippen LogP contribution in [0.2, 0.25) is 5.02 Å². The highest BCUT2D eigenvalue weighted by Gasteiger charge is 2.15. The number of benzene rings is 2. The van der Waals surface area contributed by atoms with Crippen molar-refractivity contribution in [2.75, 3.05) is 19.4 Å². The van der Waals surface area contributed by atoms with Crippen LogP contribution in [0.1, 0.15) is 18.5 Å². The number of hydrogen-bond donors (Lipinski definition) is 1. The van der Waals surface area contributed by atoms with Crippen LogP contribution < -0.4 is 10.1 Å². The minimum Gasteiger partial charge on any atom is -0.496 e. The Balaban J connectivity index is 1.95. The van der Waals surface area contributed by atoms with Gasteiger partial charge in [-0.2, -0.15) is 0 Å². The Kier molecular flexibility index (Phi) is 6.69. The van der Waals surface area contributed by atoms with Crippen molar-refractivity contribution in [3.05, 3.63) is 57.5 Å². The minimum atomic E-state index is -3.32. The molecular weight excluding hydrogens is 414 g/mol. The van der Waals surface area contributed by atoms with Crippen LogP contribution in [0.4, 0.5) is 0 Å². The lowest BCUT2D eigenvalue weighted by atomic mass is 10.1. The van der Waals surface area contributed by atoms with Gasteiger partial charge in [0.05, 0.1) is 22.2 Å². The summed E-state index contributed by atoms with van der Waals surface area (Å²) < 4.78 is 30.7. The first-order valence-corrected chi connectivity index (χ1v) is 10.2. The van der Waals surface area contributed by atoms with Crippen LogP contribution in [-0.4, -0.2) is 27.8 Å². The van der Waals surface area contributed by atoms with Crippen molar-refractivity contribution in [3.63, 3.8) is 0 Å². The Morgan fingerprint density at radius 3 is 2.46 bits per heavy atom. The molecule has 130 valence electrons. The van der Waals surface area contributed by atoms with Gasteiger partial charge in [0.15, 0.2) is 9.84 Å². The van der Waals surface area contributed by atoms with Crippen LogP contribution >= 0.6 is 27.5 Å². The van der Waals surface area contributed by atoms with Gasteiger partial charge in [-0.1, -0.05) is 17.7 Å². The topological polar surface area (TPSA) is 55.4 Å². The van der Waals surface area contributed by atoms with Gasteiger partial charge in [-0.05, 0) is 64.8 Å². The van der Waals surface area contributed by atoms with Crippen molar-refractivity contribution in [1.82, 2.24) is 5.32 Å². The van der Waals surface area contributed by atoms with Gasteiger partial charge in [0, 0.05) is 17.6 Å². The van der Waals surface area contributed by atoms with Gasteiger partial charge in [-0.15, -0.1) is 0 Å². The molecule has 1 N–H and O–H groups in total. The molecule has 0 aliphatic rings. The average molecular weight is 433 g/mol. The molecule has 4 nitrogen and oxygen atoms in total. The summed E-state index contributed by atoms with van der Waals surface area (Å²) in [7, 11) is -1.71. The number of nitrogens with one attached hydrogen (secondary N) is 1. The number of hydrogen-bond acceptors (Lipinski definition) is 4. The summed E-state index contributed by atoms with van der Waals surface area (Å²) in [4.78, 5) is 0.286. The second-order valence-corrected chi connectivity index (χ2v) is 8.74. The quantitative estimate of drug-likeness (QED) is 0.711. The van der Waals surface area contributed by atoms with Crippen molar-refractivity contribution >= 4 is 37.4 Å². The van der Waals surface area contributed by atoms with Gasteiger partial charge in [-0.3, -0.25) is 0 Å². The fraction of sp³-hybridized carbons (Fsp3) is 0.294. The monoisotopic (exact) mass is 431 g/mol. The third-order valence-corrected chi connectivity index (χ3v) is 6.27. The van der Waals surface area contributed by atoms with Crippen molar-refractivity contribution in [3.8, 4) is 5.75 Å². The van der Waals surface area contributed by atoms with E-state index in [0.29, 0.717) is 11.6 Å². The predicted molar refractivity (Wildman–Crippen MR) is 101 cm³/mol. The summed E-state index contributed by atoms with van der Waals surface area (Å²) in [5, 5.41) is 3.75. The molecule has 1 unspecified atom stereocenters. The molecule has 0 radical (unpaired) electrons. The molecule has 2 aromatic carbocycles. The molecule has 2 aromatic rings. The maximum atomic E-state index is 12.3. The zero-order valence-corrected chi connectivity index (χ0v) is 16.6. The van der Waals surface area contributed by atoms with Crippen LogP contribution in [0.25, 0.3) is 0 Å². The van der Waals surface area contributed by atoms with Crippen molar-refractivity contribution in [2.24, 2.45) is 0 Å². The lowest BCUT2D eigenvalue weighted by Gasteiger charge is -2.15. The highest BCUT2D eigenvalue weighted by atomic mass is 79.9. The first kappa shape index (κ1) is 19.2. The van der Waals surface area contributed by atoms with E-state index in [2.05, 4.69) is 21.2 Å². The summed E-state index contributed by atoms with van der Waals surface area (Å²) in [6.07, 6.45) is 0. The molecule has 0 spiro atoms. The van der Waals surface area contributed by atoms with E-state index in [0.717, 1.165) is 15.8 Å². The first-order valence-electron chi connectivity index (χ1n) is 7.38. The first-order chi connectivity index (χ1) is 11.3. The summed E-state index contributed by atoms with van der Waals surface area (Å²) in [6, 6.07) is 12.0. The van der Waals surface area contributed by atoms with Gasteiger partial charge in [0.2, 0.25) is 0 Å². The Morgan fingerprint density at radius 2 is 1.88 bits per heavy atom. The Bertz CT molecular complexity index is 794. The molecular formula is C17H19BrClNO3S. The molecule has 0 saturated heterocycles. The molecule has 2 rings (SSSR count). The van der Waals surface area contributed by atoms with Crippen LogP contribution in [0.15, 0.2) is 51.8 Å². The fourth-order valence-electron chi connectivity index (χ4n) is 2.24. The number of rotatable bonds is 7. The van der Waals surface area contributed by atoms with E-state index in [4.69, 9.17) is 16.3 Å². The molecule has 7 heteroatoms. The highest BCUT2D eigenvalue weighted by molar-refractivity contribution is 9.10. The molecule has 24 heavy (non-hydrogen) atoms. The smallest absolute Gasteiger partial charge is 0.179 e. The van der Waals surface area contributed by atoms with Gasteiger partial charge in [-0.25, -0.2) is 8.42 Å². The molecule has 0 aliphatic carbocycles. The molecule has 0 heterocycles. The molecule has 0 bridgehead atoms. The van der Waals surface area contributed by atoms with Crippen LogP contribution in [0.5, 0.6) is 5.75 Å². The van der Waals surface area contributed by atoms with Crippen LogP contribution in [0, 0.1) is 0 Å². The number of halogens is 2. The number of methoxy groups -OCH3 is 1. The largest absolute Gasteiger partial charge is 0.496 e. The van der Waals surface area contributed by atoms with Gasteiger partial charge in [0.1, 0.15) is 5.75 Å². The third kappa shape index (κ3) is 4.96. The summed E-state index contributed by atoms with van der Waals surface area (Å²) in [5.74, 6) is 0.785. The lowest BCUT2D eigenvalue weighted by Crippen LogP contribution is -2.25. The zero-order valence-electron chi connectivity index (χ0n) is 13.4. The molecule has 0 amide bonds. The molecule has 1 atom stereocenters.